The number of benzene rings is 1. The summed E-state index contributed by atoms with van der Waals surface area (Å²) < 4.78 is 4.70. The molecule has 0 aliphatic carbocycles. The molecule has 0 bridgehead atoms. The van der Waals surface area contributed by atoms with Crippen LogP contribution in [-0.4, -0.2) is 53.6 Å². The molecule has 2 aliphatic rings. The molecular formula is C14H14ClN3O4. The van der Waals surface area contributed by atoms with E-state index in [9.17, 15) is 14.4 Å². The minimum atomic E-state index is -0.630. The van der Waals surface area contributed by atoms with Gasteiger partial charge < -0.3 is 15.0 Å². The summed E-state index contributed by atoms with van der Waals surface area (Å²) in [4.78, 5) is 38.0. The van der Waals surface area contributed by atoms with Crippen molar-refractivity contribution in [2.75, 3.05) is 25.0 Å². The highest BCUT2D eigenvalue weighted by molar-refractivity contribution is 6.30. The van der Waals surface area contributed by atoms with Gasteiger partial charge in [0.25, 0.3) is 5.91 Å². The first-order valence-electron chi connectivity index (χ1n) is 6.85. The van der Waals surface area contributed by atoms with Crippen LogP contribution >= 0.6 is 11.6 Å². The van der Waals surface area contributed by atoms with Crippen LogP contribution in [0.4, 0.5) is 15.3 Å². The Morgan fingerprint density at radius 2 is 2.00 bits per heavy atom. The zero-order chi connectivity index (χ0) is 15.7. The fourth-order valence-electron chi connectivity index (χ4n) is 2.59. The molecule has 3 rings (SSSR count). The van der Waals surface area contributed by atoms with Crippen LogP contribution < -0.4 is 5.32 Å². The van der Waals surface area contributed by atoms with E-state index < -0.39 is 6.09 Å². The molecule has 0 spiro atoms. The summed E-state index contributed by atoms with van der Waals surface area (Å²) >= 11 is 5.79. The number of carbonyl (C=O) groups is 3. The number of ether oxygens (including phenoxy) is 1. The van der Waals surface area contributed by atoms with Crippen molar-refractivity contribution in [3.63, 3.8) is 0 Å². The van der Waals surface area contributed by atoms with Crippen molar-refractivity contribution < 1.29 is 19.1 Å². The molecule has 2 fully saturated rings. The summed E-state index contributed by atoms with van der Waals surface area (Å²) in [5.74, 6) is -0.352. The lowest BCUT2D eigenvalue weighted by atomic mass is 10.2. The number of hydrogen-bond acceptors (Lipinski definition) is 4. The van der Waals surface area contributed by atoms with Crippen LogP contribution in [0.2, 0.25) is 5.02 Å². The van der Waals surface area contributed by atoms with Crippen LogP contribution in [0.1, 0.15) is 6.42 Å². The molecule has 2 saturated heterocycles. The third-order valence-electron chi connectivity index (χ3n) is 3.70. The van der Waals surface area contributed by atoms with Gasteiger partial charge in [0.05, 0.1) is 6.04 Å². The molecular weight excluding hydrogens is 310 g/mol. The van der Waals surface area contributed by atoms with Gasteiger partial charge in [0.1, 0.15) is 0 Å². The molecule has 1 aromatic carbocycles. The van der Waals surface area contributed by atoms with E-state index in [0.717, 1.165) is 4.90 Å². The maximum atomic E-state index is 12.2. The SMILES string of the molecule is O=C(Nc1ccc(Cl)cc1)N1CCC(N2C(=O)COC2=O)C1. The predicted molar refractivity (Wildman–Crippen MR) is 78.6 cm³/mol. The van der Waals surface area contributed by atoms with E-state index in [1.165, 1.54) is 0 Å². The van der Waals surface area contributed by atoms with Crippen molar-refractivity contribution in [1.82, 2.24) is 9.80 Å². The first kappa shape index (κ1) is 14.6. The second-order valence-corrected chi connectivity index (χ2v) is 5.58. The van der Waals surface area contributed by atoms with E-state index >= 15 is 0 Å². The van der Waals surface area contributed by atoms with Gasteiger partial charge in [-0.25, -0.2) is 14.5 Å². The molecule has 22 heavy (non-hydrogen) atoms. The molecule has 2 aliphatic heterocycles. The Morgan fingerprint density at radius 1 is 1.27 bits per heavy atom. The molecule has 1 atom stereocenters. The van der Waals surface area contributed by atoms with Crippen molar-refractivity contribution in [1.29, 1.82) is 0 Å². The molecule has 116 valence electrons. The van der Waals surface area contributed by atoms with Crippen molar-refractivity contribution in [2.24, 2.45) is 0 Å². The number of rotatable bonds is 2. The van der Waals surface area contributed by atoms with Crippen molar-refractivity contribution in [2.45, 2.75) is 12.5 Å². The average Bonchev–Trinajstić information content (AvgIpc) is 3.08. The minimum Gasteiger partial charge on any atom is -0.439 e. The quantitative estimate of drug-likeness (QED) is 0.902. The van der Waals surface area contributed by atoms with Gasteiger partial charge in [-0.15, -0.1) is 0 Å². The molecule has 1 N–H and O–H groups in total. The van der Waals surface area contributed by atoms with Gasteiger partial charge in [0.2, 0.25) is 0 Å². The monoisotopic (exact) mass is 323 g/mol. The number of carbonyl (C=O) groups excluding carboxylic acids is 3. The van der Waals surface area contributed by atoms with Crippen molar-refractivity contribution in [3.8, 4) is 0 Å². The highest BCUT2D eigenvalue weighted by Crippen LogP contribution is 2.21. The Balaban J connectivity index is 1.60. The summed E-state index contributed by atoms with van der Waals surface area (Å²) in [5.41, 5.74) is 0.634. The number of halogens is 1. The highest BCUT2D eigenvalue weighted by Gasteiger charge is 2.41. The van der Waals surface area contributed by atoms with Crippen LogP contribution in [0.3, 0.4) is 0 Å². The summed E-state index contributed by atoms with van der Waals surface area (Å²) in [5, 5.41) is 3.34. The second kappa shape index (κ2) is 5.84. The van der Waals surface area contributed by atoms with E-state index in [1.54, 1.807) is 29.2 Å². The third kappa shape index (κ3) is 2.85. The smallest absolute Gasteiger partial charge is 0.417 e. The number of nitrogens with one attached hydrogen (secondary N) is 1. The van der Waals surface area contributed by atoms with Gasteiger partial charge in [0.15, 0.2) is 6.61 Å². The number of imide groups is 1. The Bertz CT molecular complexity index is 603. The molecule has 0 saturated carbocycles. The second-order valence-electron chi connectivity index (χ2n) is 5.14. The predicted octanol–water partition coefficient (Wildman–Crippen LogP) is 1.93. The van der Waals surface area contributed by atoms with Gasteiger partial charge in [-0.2, -0.15) is 0 Å². The minimum absolute atomic E-state index is 0.216. The standard InChI is InChI=1S/C14H14ClN3O4/c15-9-1-3-10(4-2-9)16-13(20)17-6-5-11(7-17)18-12(19)8-22-14(18)21/h1-4,11H,5-8H2,(H,16,20). The lowest BCUT2D eigenvalue weighted by molar-refractivity contribution is -0.127. The van der Waals surface area contributed by atoms with Gasteiger partial charge in [0, 0.05) is 23.8 Å². The molecule has 8 heteroatoms. The number of urea groups is 1. The highest BCUT2D eigenvalue weighted by atomic mass is 35.5. The summed E-state index contributed by atoms with van der Waals surface area (Å²) in [6.07, 6.45) is -0.0792. The first-order valence-corrected chi connectivity index (χ1v) is 7.23. The molecule has 0 radical (unpaired) electrons. The topological polar surface area (TPSA) is 79.0 Å². The van der Waals surface area contributed by atoms with E-state index in [2.05, 4.69) is 5.32 Å². The number of amides is 4. The number of likely N-dealkylation sites (tertiary alicyclic amines) is 1. The zero-order valence-corrected chi connectivity index (χ0v) is 12.4. The van der Waals surface area contributed by atoms with E-state index in [4.69, 9.17) is 16.3 Å². The fraction of sp³-hybridized carbons (Fsp3) is 0.357. The summed E-state index contributed by atoms with van der Waals surface area (Å²) in [7, 11) is 0. The van der Waals surface area contributed by atoms with E-state index in [0.29, 0.717) is 30.2 Å². The number of anilines is 1. The van der Waals surface area contributed by atoms with Crippen LogP contribution in [0.25, 0.3) is 0 Å². The third-order valence-corrected chi connectivity index (χ3v) is 3.95. The van der Waals surface area contributed by atoms with Gasteiger partial charge in [-0.1, -0.05) is 11.6 Å². The normalized spacial score (nSPS) is 21.2. The van der Waals surface area contributed by atoms with Gasteiger partial charge in [-0.3, -0.25) is 4.79 Å². The lowest BCUT2D eigenvalue weighted by Crippen LogP contribution is -2.42. The first-order chi connectivity index (χ1) is 10.5. The summed E-state index contributed by atoms with van der Waals surface area (Å²) in [6, 6.07) is 6.18. The molecule has 7 nitrogen and oxygen atoms in total. The van der Waals surface area contributed by atoms with Crippen LogP contribution in [0, 0.1) is 0 Å². The van der Waals surface area contributed by atoms with E-state index in [1.807, 2.05) is 0 Å². The molecule has 1 unspecified atom stereocenters. The maximum Gasteiger partial charge on any atom is 0.417 e. The van der Waals surface area contributed by atoms with E-state index in [-0.39, 0.29) is 24.6 Å². The fourth-order valence-corrected chi connectivity index (χ4v) is 2.72. The summed E-state index contributed by atoms with van der Waals surface area (Å²) in [6.45, 7) is 0.563. The maximum absolute atomic E-state index is 12.2. The Morgan fingerprint density at radius 3 is 2.64 bits per heavy atom. The van der Waals surface area contributed by atoms with Gasteiger partial charge >= 0.3 is 12.1 Å². The van der Waals surface area contributed by atoms with Gasteiger partial charge in [-0.05, 0) is 30.7 Å². The Labute approximate surface area is 131 Å². The Kier molecular flexibility index (Phi) is 3.89. The molecule has 0 aromatic heterocycles. The lowest BCUT2D eigenvalue weighted by Gasteiger charge is -2.20. The van der Waals surface area contributed by atoms with Crippen molar-refractivity contribution >= 4 is 35.3 Å². The van der Waals surface area contributed by atoms with Crippen LogP contribution in [0.15, 0.2) is 24.3 Å². The molecule has 2 heterocycles. The number of cyclic esters (lactones) is 1. The molecule has 1 aromatic rings. The Hall–Kier alpha value is -2.28. The largest absolute Gasteiger partial charge is 0.439 e. The molecule has 4 amide bonds. The number of nitrogens with zero attached hydrogens (tertiary/aromatic N) is 2. The average molecular weight is 324 g/mol. The van der Waals surface area contributed by atoms with Crippen LogP contribution in [-0.2, 0) is 9.53 Å². The van der Waals surface area contributed by atoms with Crippen molar-refractivity contribution in [3.05, 3.63) is 29.3 Å². The van der Waals surface area contributed by atoms with Crippen LogP contribution in [0.5, 0.6) is 0 Å². The number of hydrogen-bond donors (Lipinski definition) is 1. The zero-order valence-electron chi connectivity index (χ0n) is 11.6.